The molecule has 40 heavy (non-hydrogen) atoms. The number of hydrogen-bond donors (Lipinski definition) is 2. The van der Waals surface area contributed by atoms with Crippen molar-refractivity contribution in [1.82, 2.24) is 0 Å². The van der Waals surface area contributed by atoms with E-state index in [1.807, 2.05) is 112 Å². The van der Waals surface area contributed by atoms with E-state index in [0.717, 1.165) is 11.8 Å². The smallest absolute Gasteiger partial charge is 0.125 e. The van der Waals surface area contributed by atoms with Gasteiger partial charge in [-0.15, -0.1) is 0 Å². The molecule has 0 amide bonds. The molecule has 3 aromatic carbocycles. The Morgan fingerprint density at radius 3 is 1.35 bits per heavy atom. The lowest BCUT2D eigenvalue weighted by Crippen LogP contribution is -2.18. The summed E-state index contributed by atoms with van der Waals surface area (Å²) in [5, 5.41) is 18.0. The Kier molecular flexibility index (Phi) is 20.1. The Balaban J connectivity index is 0.000000300. The summed E-state index contributed by atoms with van der Waals surface area (Å²) in [4.78, 5) is 10.3. The highest BCUT2D eigenvalue weighted by Gasteiger charge is 2.08. The van der Waals surface area contributed by atoms with E-state index in [2.05, 4.69) is 0 Å². The highest BCUT2D eigenvalue weighted by Crippen LogP contribution is 2.06. The number of hydrogen-bond acceptors (Lipinski definition) is 6. The fourth-order valence-corrected chi connectivity index (χ4v) is 3.06. The van der Waals surface area contributed by atoms with Crippen molar-refractivity contribution in [2.75, 3.05) is 26.4 Å². The maximum absolute atomic E-state index is 10.3. The second-order valence-corrected chi connectivity index (χ2v) is 10.1. The molecule has 0 saturated carbocycles. The first-order valence-electron chi connectivity index (χ1n) is 13.9. The third-order valence-electron chi connectivity index (χ3n) is 5.87. The molecule has 0 unspecified atom stereocenters. The average molecular weight is 553 g/mol. The van der Waals surface area contributed by atoms with Gasteiger partial charge in [-0.1, -0.05) is 112 Å². The van der Waals surface area contributed by atoms with Gasteiger partial charge in [-0.2, -0.15) is 0 Å². The van der Waals surface area contributed by atoms with Crippen molar-refractivity contribution < 1.29 is 29.2 Å². The van der Waals surface area contributed by atoms with Crippen molar-refractivity contribution in [2.24, 2.45) is 17.8 Å². The van der Waals surface area contributed by atoms with Crippen LogP contribution in [-0.2, 0) is 38.8 Å². The van der Waals surface area contributed by atoms with Gasteiger partial charge in [0.25, 0.3) is 0 Å². The minimum absolute atomic E-state index is 0.0105. The Hall–Kier alpha value is -2.87. The third kappa shape index (κ3) is 18.4. The molecular weight excluding hydrogens is 504 g/mol. The van der Waals surface area contributed by atoms with Gasteiger partial charge < -0.3 is 29.2 Å². The van der Waals surface area contributed by atoms with E-state index in [-0.39, 0.29) is 30.5 Å². The second kappa shape index (κ2) is 22.9. The van der Waals surface area contributed by atoms with Crippen LogP contribution in [0.4, 0.5) is 0 Å². The molecule has 0 fully saturated rings. The normalized spacial score (nSPS) is 13.4. The van der Waals surface area contributed by atoms with Crippen LogP contribution in [0.25, 0.3) is 0 Å². The van der Waals surface area contributed by atoms with E-state index in [0.29, 0.717) is 39.6 Å². The maximum atomic E-state index is 10.3. The average Bonchev–Trinajstić information content (AvgIpc) is 2.99. The van der Waals surface area contributed by atoms with Crippen LogP contribution in [0.2, 0.25) is 0 Å². The highest BCUT2D eigenvalue weighted by molar-refractivity contribution is 5.52. The molecule has 2 N–H and O–H groups in total. The Labute approximate surface area is 240 Å². The largest absolute Gasteiger partial charge is 0.396 e. The number of carbonyl (C=O) groups excluding carboxylic acids is 1. The molecule has 0 aliphatic rings. The number of rotatable bonds is 15. The van der Waals surface area contributed by atoms with E-state index in [1.54, 1.807) is 6.92 Å². The summed E-state index contributed by atoms with van der Waals surface area (Å²) < 4.78 is 16.2. The SMILES string of the molecule is C[C@@H](C=O)COCc1ccccc1.C[C@@H](CO)COCc1ccccc1.C[C@H](O)[C@H](C)COCc1ccccc1. The number of aldehydes is 1. The van der Waals surface area contributed by atoms with Crippen LogP contribution >= 0.6 is 0 Å². The van der Waals surface area contributed by atoms with Crippen molar-refractivity contribution in [3.63, 3.8) is 0 Å². The van der Waals surface area contributed by atoms with Crippen LogP contribution in [0, 0.1) is 17.8 Å². The zero-order valence-corrected chi connectivity index (χ0v) is 24.5. The maximum Gasteiger partial charge on any atom is 0.125 e. The molecule has 3 aromatic rings. The lowest BCUT2D eigenvalue weighted by atomic mass is 10.1. The van der Waals surface area contributed by atoms with Gasteiger partial charge >= 0.3 is 0 Å². The van der Waals surface area contributed by atoms with E-state index < -0.39 is 0 Å². The number of aliphatic hydroxyl groups excluding tert-OH is 2. The molecule has 0 spiro atoms. The van der Waals surface area contributed by atoms with Crippen molar-refractivity contribution in [3.8, 4) is 0 Å². The first-order chi connectivity index (χ1) is 19.3. The molecule has 3 rings (SSSR count). The predicted octanol–water partition coefficient (Wildman–Crippen LogP) is 6.09. The van der Waals surface area contributed by atoms with Gasteiger partial charge in [-0.3, -0.25) is 0 Å². The van der Waals surface area contributed by atoms with Crippen molar-refractivity contribution in [2.45, 2.75) is 53.6 Å². The molecular formula is C34H48O6. The Bertz CT molecular complexity index is 965. The zero-order chi connectivity index (χ0) is 29.4. The Morgan fingerprint density at radius 1 is 0.625 bits per heavy atom. The van der Waals surface area contributed by atoms with Crippen LogP contribution in [0.1, 0.15) is 44.4 Å². The van der Waals surface area contributed by atoms with E-state index in [1.165, 1.54) is 11.1 Å². The molecule has 6 nitrogen and oxygen atoms in total. The minimum atomic E-state index is -0.300. The molecule has 0 saturated heterocycles. The molecule has 0 bridgehead atoms. The molecule has 0 radical (unpaired) electrons. The summed E-state index contributed by atoms with van der Waals surface area (Å²) in [6.07, 6.45) is 0.608. The summed E-state index contributed by atoms with van der Waals surface area (Å²) in [6, 6.07) is 30.0. The third-order valence-corrected chi connectivity index (χ3v) is 5.87. The van der Waals surface area contributed by atoms with Crippen molar-refractivity contribution in [3.05, 3.63) is 108 Å². The molecule has 0 heterocycles. The van der Waals surface area contributed by atoms with Gasteiger partial charge in [-0.25, -0.2) is 0 Å². The van der Waals surface area contributed by atoms with Crippen molar-refractivity contribution >= 4 is 6.29 Å². The van der Waals surface area contributed by atoms with Crippen molar-refractivity contribution in [1.29, 1.82) is 0 Å². The molecule has 6 heteroatoms. The van der Waals surface area contributed by atoms with Crippen LogP contribution in [-0.4, -0.2) is 49.0 Å². The first kappa shape index (κ1) is 35.2. The molecule has 0 aromatic heterocycles. The van der Waals surface area contributed by atoms with Gasteiger partial charge in [0.05, 0.1) is 45.7 Å². The quantitative estimate of drug-likeness (QED) is 0.222. The summed E-state index contributed by atoms with van der Waals surface area (Å²) in [7, 11) is 0. The van der Waals surface area contributed by atoms with Crippen LogP contribution in [0.3, 0.4) is 0 Å². The summed E-state index contributed by atoms with van der Waals surface area (Å²) in [5.74, 6) is 0.408. The monoisotopic (exact) mass is 552 g/mol. The van der Waals surface area contributed by atoms with Gasteiger partial charge in [0.15, 0.2) is 0 Å². The second-order valence-electron chi connectivity index (χ2n) is 10.1. The standard InChI is InChI=1S/C12H18O2.C11H16O2.C11H14O2/c1-10(11(2)13)8-14-9-12-6-4-3-5-7-12;2*1-10(7-12)8-13-9-11-5-3-2-4-6-11/h3-7,10-11,13H,8-9H2,1-2H3;2-6,10,12H,7-9H2,1H3;2-7,10H,8-9H2,1H3/t10-,11+;2*10-/m100/s1. The van der Waals surface area contributed by atoms with Crippen LogP contribution in [0.15, 0.2) is 91.0 Å². The van der Waals surface area contributed by atoms with Gasteiger partial charge in [0.2, 0.25) is 0 Å². The Morgan fingerprint density at radius 2 is 1.00 bits per heavy atom. The van der Waals surface area contributed by atoms with E-state index in [9.17, 15) is 9.90 Å². The molecule has 0 aliphatic heterocycles. The minimum Gasteiger partial charge on any atom is -0.396 e. The van der Waals surface area contributed by atoms with Gasteiger partial charge in [-0.05, 0) is 23.6 Å². The first-order valence-corrected chi connectivity index (χ1v) is 13.9. The topological polar surface area (TPSA) is 85.2 Å². The van der Waals surface area contributed by atoms with E-state index in [4.69, 9.17) is 19.3 Å². The van der Waals surface area contributed by atoms with Gasteiger partial charge in [0, 0.05) is 24.4 Å². The summed E-state index contributed by atoms with van der Waals surface area (Å²) in [5.41, 5.74) is 3.48. The number of benzene rings is 3. The van der Waals surface area contributed by atoms with Gasteiger partial charge in [0.1, 0.15) is 6.29 Å². The summed E-state index contributed by atoms with van der Waals surface area (Å²) >= 11 is 0. The molecule has 220 valence electrons. The molecule has 4 atom stereocenters. The van der Waals surface area contributed by atoms with Crippen LogP contribution < -0.4 is 0 Å². The highest BCUT2D eigenvalue weighted by atomic mass is 16.5. The summed E-state index contributed by atoms with van der Waals surface area (Å²) in [6.45, 7) is 11.3. The lowest BCUT2D eigenvalue weighted by molar-refractivity contribution is -0.112. The number of aliphatic hydroxyl groups is 2. The fraction of sp³-hybridized carbons (Fsp3) is 0.441. The number of ether oxygens (including phenoxy) is 3. The zero-order valence-electron chi connectivity index (χ0n) is 24.5. The van der Waals surface area contributed by atoms with E-state index >= 15 is 0 Å². The molecule has 0 aliphatic carbocycles. The number of carbonyl (C=O) groups is 1. The fourth-order valence-electron chi connectivity index (χ4n) is 3.06. The lowest BCUT2D eigenvalue weighted by Gasteiger charge is -2.14. The van der Waals surface area contributed by atoms with Crippen LogP contribution in [0.5, 0.6) is 0 Å². The predicted molar refractivity (Wildman–Crippen MR) is 161 cm³/mol.